The van der Waals surface area contributed by atoms with Crippen LogP contribution in [0.25, 0.3) is 10.8 Å². The zero-order chi connectivity index (χ0) is 24.2. The molecule has 2 amide bonds. The van der Waals surface area contributed by atoms with Crippen LogP contribution in [0, 0.1) is 0 Å². The molecule has 1 heterocycles. The number of rotatable bonds is 17. The lowest BCUT2D eigenvalue weighted by atomic mass is 9.94. The van der Waals surface area contributed by atoms with Gasteiger partial charge in [-0.05, 0) is 30.0 Å². The molecule has 0 radical (unpaired) electrons. The third kappa shape index (κ3) is 7.41. The van der Waals surface area contributed by atoms with Gasteiger partial charge in [-0.3, -0.25) is 14.5 Å². The molecule has 2 aromatic rings. The highest BCUT2D eigenvalue weighted by molar-refractivity contribution is 9.10. The second-order valence-corrected chi connectivity index (χ2v) is 10.7. The summed E-state index contributed by atoms with van der Waals surface area (Å²) >= 11 is 3.54. The molecule has 3 nitrogen and oxygen atoms in total. The Balaban J connectivity index is 1.25. The van der Waals surface area contributed by atoms with Crippen molar-refractivity contribution in [2.45, 2.75) is 110 Å². The van der Waals surface area contributed by atoms with Gasteiger partial charge in [0, 0.05) is 27.5 Å². The maximum Gasteiger partial charge on any atom is 0.261 e. The summed E-state index contributed by atoms with van der Waals surface area (Å²) in [4.78, 5) is 27.5. The predicted molar refractivity (Wildman–Crippen MR) is 147 cm³/mol. The van der Waals surface area contributed by atoms with E-state index in [1.165, 1.54) is 94.8 Å². The molecule has 34 heavy (non-hydrogen) atoms. The van der Waals surface area contributed by atoms with Crippen molar-refractivity contribution in [1.29, 1.82) is 0 Å². The zero-order valence-electron chi connectivity index (χ0n) is 21.0. The van der Waals surface area contributed by atoms with Crippen molar-refractivity contribution in [2.24, 2.45) is 0 Å². The van der Waals surface area contributed by atoms with E-state index in [0.29, 0.717) is 17.7 Å². The van der Waals surface area contributed by atoms with Crippen molar-refractivity contribution in [3.63, 3.8) is 0 Å². The quantitative estimate of drug-likeness (QED) is 0.151. The molecule has 0 aliphatic carbocycles. The molecular formula is C30H42BrNO2. The molecule has 2 aromatic carbocycles. The Bertz CT molecular complexity index is 917. The molecule has 3 rings (SSSR count). The first kappa shape index (κ1) is 26.9. The van der Waals surface area contributed by atoms with Crippen LogP contribution in [-0.2, 0) is 0 Å². The van der Waals surface area contributed by atoms with E-state index in [2.05, 4.69) is 22.9 Å². The molecule has 0 N–H and O–H groups in total. The highest BCUT2D eigenvalue weighted by Gasteiger charge is 2.32. The lowest BCUT2D eigenvalue weighted by Crippen LogP contribution is -2.40. The zero-order valence-corrected chi connectivity index (χ0v) is 22.6. The average Bonchev–Trinajstić information content (AvgIpc) is 2.85. The topological polar surface area (TPSA) is 37.4 Å². The molecule has 0 bridgehead atoms. The first-order valence-electron chi connectivity index (χ1n) is 13.7. The maximum absolute atomic E-state index is 13.0. The summed E-state index contributed by atoms with van der Waals surface area (Å²) in [7, 11) is 0. The van der Waals surface area contributed by atoms with Crippen molar-refractivity contribution in [2.75, 3.05) is 6.54 Å². The maximum atomic E-state index is 13.0. The number of unbranched alkanes of at least 4 members (excludes halogenated alkanes) is 15. The summed E-state index contributed by atoms with van der Waals surface area (Å²) in [6.07, 6.45) is 21.1. The standard InChI is InChI=1S/C30H42BrNO2/c1-2-3-4-5-6-7-8-9-10-11-12-13-14-15-16-17-23-32-29(33)25-20-18-19-24-27(31)22-21-26(28(24)25)30(32)34/h18-22H,2-17,23H2,1H3. The van der Waals surface area contributed by atoms with Crippen LogP contribution in [0.2, 0.25) is 0 Å². The molecule has 0 saturated heterocycles. The summed E-state index contributed by atoms with van der Waals surface area (Å²) in [6, 6.07) is 9.44. The molecule has 0 unspecified atom stereocenters. The Labute approximate surface area is 214 Å². The van der Waals surface area contributed by atoms with Gasteiger partial charge in [0.1, 0.15) is 0 Å². The predicted octanol–water partition coefficient (Wildman–Crippen LogP) is 9.46. The SMILES string of the molecule is CCCCCCCCCCCCCCCCCCN1C(=O)c2cccc3c(Br)ccc(c23)C1=O. The van der Waals surface area contributed by atoms with Crippen molar-refractivity contribution in [1.82, 2.24) is 4.90 Å². The fourth-order valence-electron chi connectivity index (χ4n) is 5.13. The third-order valence-electron chi connectivity index (χ3n) is 7.17. The number of amides is 2. The summed E-state index contributed by atoms with van der Waals surface area (Å²) in [5, 5.41) is 1.72. The smallest absolute Gasteiger partial charge is 0.261 e. The highest BCUT2D eigenvalue weighted by atomic mass is 79.9. The number of carbonyl (C=O) groups excluding carboxylic acids is 2. The Morgan fingerprint density at radius 3 is 1.62 bits per heavy atom. The van der Waals surface area contributed by atoms with Gasteiger partial charge < -0.3 is 0 Å². The normalized spacial score (nSPS) is 13.3. The molecule has 4 heteroatoms. The Kier molecular flexibility index (Phi) is 11.6. The first-order chi connectivity index (χ1) is 16.6. The second kappa shape index (κ2) is 14.7. The largest absolute Gasteiger partial charge is 0.274 e. The summed E-state index contributed by atoms with van der Waals surface area (Å²) < 4.78 is 0.917. The Hall–Kier alpha value is -1.68. The van der Waals surface area contributed by atoms with E-state index in [0.717, 1.165) is 28.1 Å². The minimum absolute atomic E-state index is 0.151. The molecule has 0 fully saturated rings. The van der Waals surface area contributed by atoms with Crippen LogP contribution in [0.1, 0.15) is 130 Å². The number of hydrogen-bond donors (Lipinski definition) is 0. The summed E-state index contributed by atoms with van der Waals surface area (Å²) in [5.74, 6) is -0.302. The average molecular weight is 529 g/mol. The monoisotopic (exact) mass is 527 g/mol. The van der Waals surface area contributed by atoms with Gasteiger partial charge in [0.25, 0.3) is 11.8 Å². The fraction of sp³-hybridized carbons (Fsp3) is 0.600. The molecule has 0 atom stereocenters. The molecule has 0 saturated carbocycles. The van der Waals surface area contributed by atoms with Crippen molar-refractivity contribution < 1.29 is 9.59 Å². The molecule has 1 aliphatic rings. The van der Waals surface area contributed by atoms with Gasteiger partial charge in [-0.25, -0.2) is 0 Å². The number of benzene rings is 2. The highest BCUT2D eigenvalue weighted by Crippen LogP contribution is 2.34. The van der Waals surface area contributed by atoms with E-state index in [4.69, 9.17) is 0 Å². The minimum atomic E-state index is -0.151. The van der Waals surface area contributed by atoms with Crippen LogP contribution in [0.15, 0.2) is 34.8 Å². The molecule has 1 aliphatic heterocycles. The van der Waals surface area contributed by atoms with Crippen LogP contribution in [0.3, 0.4) is 0 Å². The lowest BCUT2D eigenvalue weighted by molar-refractivity contribution is 0.0607. The van der Waals surface area contributed by atoms with Crippen molar-refractivity contribution in [3.05, 3.63) is 45.9 Å². The van der Waals surface area contributed by atoms with Gasteiger partial charge in [0.15, 0.2) is 0 Å². The van der Waals surface area contributed by atoms with Crippen LogP contribution in [-0.4, -0.2) is 23.3 Å². The third-order valence-corrected chi connectivity index (χ3v) is 7.87. The van der Waals surface area contributed by atoms with E-state index in [9.17, 15) is 9.59 Å². The fourth-order valence-corrected chi connectivity index (χ4v) is 5.59. The van der Waals surface area contributed by atoms with Gasteiger partial charge >= 0.3 is 0 Å². The van der Waals surface area contributed by atoms with Gasteiger partial charge in [-0.1, -0.05) is 131 Å². The summed E-state index contributed by atoms with van der Waals surface area (Å²) in [6.45, 7) is 2.79. The van der Waals surface area contributed by atoms with Gasteiger partial charge in [0.2, 0.25) is 0 Å². The molecular weight excluding hydrogens is 486 g/mol. The van der Waals surface area contributed by atoms with Gasteiger partial charge in [-0.15, -0.1) is 0 Å². The van der Waals surface area contributed by atoms with Crippen LogP contribution < -0.4 is 0 Å². The van der Waals surface area contributed by atoms with Crippen molar-refractivity contribution >= 4 is 38.5 Å². The molecule has 186 valence electrons. The number of nitrogens with zero attached hydrogens (tertiary/aromatic N) is 1. The summed E-state index contributed by atoms with van der Waals surface area (Å²) in [5.41, 5.74) is 1.29. The number of hydrogen-bond acceptors (Lipinski definition) is 2. The van der Waals surface area contributed by atoms with E-state index in [-0.39, 0.29) is 11.8 Å². The first-order valence-corrected chi connectivity index (χ1v) is 14.5. The van der Waals surface area contributed by atoms with Crippen LogP contribution >= 0.6 is 15.9 Å². The van der Waals surface area contributed by atoms with E-state index >= 15 is 0 Å². The number of imide groups is 1. The van der Waals surface area contributed by atoms with Crippen LogP contribution in [0.5, 0.6) is 0 Å². The Morgan fingerprint density at radius 1 is 0.618 bits per heavy atom. The van der Waals surface area contributed by atoms with E-state index in [1.807, 2.05) is 30.3 Å². The molecule has 0 aromatic heterocycles. The Morgan fingerprint density at radius 2 is 1.09 bits per heavy atom. The van der Waals surface area contributed by atoms with Crippen LogP contribution in [0.4, 0.5) is 0 Å². The minimum Gasteiger partial charge on any atom is -0.274 e. The van der Waals surface area contributed by atoms with E-state index < -0.39 is 0 Å². The molecule has 0 spiro atoms. The number of carbonyl (C=O) groups is 2. The van der Waals surface area contributed by atoms with Crippen molar-refractivity contribution in [3.8, 4) is 0 Å². The van der Waals surface area contributed by atoms with E-state index in [1.54, 1.807) is 0 Å². The number of halogens is 1. The van der Waals surface area contributed by atoms with Gasteiger partial charge in [0.05, 0.1) is 0 Å². The van der Waals surface area contributed by atoms with Gasteiger partial charge in [-0.2, -0.15) is 0 Å². The lowest BCUT2D eigenvalue weighted by Gasteiger charge is -2.27. The second-order valence-electron chi connectivity index (χ2n) is 9.89.